The number of aromatic nitrogens is 2. The summed E-state index contributed by atoms with van der Waals surface area (Å²) < 4.78 is 4.24. The Morgan fingerprint density at radius 1 is 1.33 bits per heavy atom. The normalized spacial score (nSPS) is 26.6. The number of hydrogen-bond acceptors (Lipinski definition) is 6. The summed E-state index contributed by atoms with van der Waals surface area (Å²) in [5.41, 5.74) is 0. The molecule has 0 bridgehead atoms. The Morgan fingerprint density at radius 3 is 2.40 bits per heavy atom. The predicted molar refractivity (Wildman–Crippen MR) is 58.2 cm³/mol. The lowest BCUT2D eigenvalue weighted by Crippen LogP contribution is -2.22. The van der Waals surface area contributed by atoms with Crippen LogP contribution in [0.5, 0.6) is 0 Å². The molecule has 6 heteroatoms. The molecule has 1 aromatic rings. The fourth-order valence-corrected chi connectivity index (χ4v) is 2.34. The molecule has 0 aromatic carbocycles. The lowest BCUT2D eigenvalue weighted by Gasteiger charge is -2.11. The molecular weight excluding hydrogens is 214 g/mol. The third kappa shape index (κ3) is 2.11. The van der Waals surface area contributed by atoms with Gasteiger partial charge < -0.3 is 15.1 Å². The fourth-order valence-electron chi connectivity index (χ4n) is 1.52. The first-order valence-corrected chi connectivity index (χ1v) is 5.80. The van der Waals surface area contributed by atoms with E-state index in [4.69, 9.17) is 0 Å². The smallest absolute Gasteiger partial charge is 0.205 e. The Kier molecular flexibility index (Phi) is 2.90. The molecular formula is C9H15N3O2S. The van der Waals surface area contributed by atoms with E-state index in [2.05, 4.69) is 9.36 Å². The summed E-state index contributed by atoms with van der Waals surface area (Å²) in [6, 6.07) is 0. The summed E-state index contributed by atoms with van der Waals surface area (Å²) in [4.78, 5) is 6.25. The number of aliphatic hydroxyl groups excluding tert-OH is 2. The summed E-state index contributed by atoms with van der Waals surface area (Å²) >= 11 is 1.32. The molecule has 5 nitrogen and oxygen atoms in total. The van der Waals surface area contributed by atoms with Crippen LogP contribution in [0.2, 0.25) is 0 Å². The highest BCUT2D eigenvalue weighted by Crippen LogP contribution is 2.24. The molecule has 0 amide bonds. The van der Waals surface area contributed by atoms with E-state index in [1.165, 1.54) is 11.5 Å². The molecule has 1 aliphatic heterocycles. The van der Waals surface area contributed by atoms with Gasteiger partial charge in [-0.15, -0.1) is 0 Å². The molecule has 2 rings (SSSR count). The van der Waals surface area contributed by atoms with Crippen LogP contribution in [0.25, 0.3) is 0 Å². The van der Waals surface area contributed by atoms with Crippen LogP contribution >= 0.6 is 11.5 Å². The zero-order chi connectivity index (χ0) is 11.0. The van der Waals surface area contributed by atoms with Crippen LogP contribution < -0.4 is 4.90 Å². The molecule has 0 saturated carbocycles. The first-order valence-electron chi connectivity index (χ1n) is 5.02. The molecule has 2 N–H and O–H groups in total. The quantitative estimate of drug-likeness (QED) is 0.758. The van der Waals surface area contributed by atoms with E-state index < -0.39 is 12.2 Å². The van der Waals surface area contributed by atoms with Crippen molar-refractivity contribution in [3.8, 4) is 0 Å². The van der Waals surface area contributed by atoms with E-state index in [1.54, 1.807) is 0 Å². The molecule has 15 heavy (non-hydrogen) atoms. The van der Waals surface area contributed by atoms with Gasteiger partial charge in [0.05, 0.1) is 12.2 Å². The number of nitrogens with zero attached hydrogens (tertiary/aromatic N) is 3. The van der Waals surface area contributed by atoms with Gasteiger partial charge in [-0.1, -0.05) is 13.8 Å². The number of anilines is 1. The molecule has 1 saturated heterocycles. The molecule has 2 unspecified atom stereocenters. The summed E-state index contributed by atoms with van der Waals surface area (Å²) in [7, 11) is 0. The number of hydrogen-bond donors (Lipinski definition) is 2. The topological polar surface area (TPSA) is 69.5 Å². The summed E-state index contributed by atoms with van der Waals surface area (Å²) in [6.07, 6.45) is -1.34. The molecule has 0 spiro atoms. The first kappa shape index (κ1) is 10.8. The Labute approximate surface area is 92.5 Å². The van der Waals surface area contributed by atoms with Crippen LogP contribution in [-0.4, -0.2) is 44.9 Å². The maximum Gasteiger partial charge on any atom is 0.205 e. The van der Waals surface area contributed by atoms with Crippen molar-refractivity contribution in [1.29, 1.82) is 0 Å². The molecule has 0 radical (unpaired) electrons. The molecule has 2 atom stereocenters. The van der Waals surface area contributed by atoms with Crippen LogP contribution in [0.4, 0.5) is 5.13 Å². The number of rotatable bonds is 2. The van der Waals surface area contributed by atoms with Crippen molar-refractivity contribution in [1.82, 2.24) is 9.36 Å². The van der Waals surface area contributed by atoms with Gasteiger partial charge in [-0.05, 0) is 0 Å². The van der Waals surface area contributed by atoms with Crippen molar-refractivity contribution in [3.63, 3.8) is 0 Å². The maximum absolute atomic E-state index is 9.41. The van der Waals surface area contributed by atoms with Gasteiger partial charge in [0.15, 0.2) is 0 Å². The van der Waals surface area contributed by atoms with Crippen LogP contribution in [0, 0.1) is 0 Å². The minimum atomic E-state index is -0.670. The van der Waals surface area contributed by atoms with Crippen LogP contribution in [0.3, 0.4) is 0 Å². The van der Waals surface area contributed by atoms with Gasteiger partial charge in [0.25, 0.3) is 0 Å². The van der Waals surface area contributed by atoms with E-state index in [-0.39, 0.29) is 0 Å². The Balaban J connectivity index is 2.10. The monoisotopic (exact) mass is 229 g/mol. The summed E-state index contributed by atoms with van der Waals surface area (Å²) in [5.74, 6) is 1.14. The molecule has 1 fully saturated rings. The lowest BCUT2D eigenvalue weighted by molar-refractivity contribution is 0.0572. The number of aliphatic hydroxyl groups is 2. The second-order valence-electron chi connectivity index (χ2n) is 4.13. The van der Waals surface area contributed by atoms with Gasteiger partial charge in [-0.3, -0.25) is 0 Å². The van der Waals surface area contributed by atoms with E-state index in [9.17, 15) is 10.2 Å². The second-order valence-corrected chi connectivity index (χ2v) is 4.86. The third-order valence-corrected chi connectivity index (χ3v) is 3.27. The van der Waals surface area contributed by atoms with Gasteiger partial charge >= 0.3 is 0 Å². The van der Waals surface area contributed by atoms with Crippen LogP contribution in [0.15, 0.2) is 0 Å². The molecule has 1 aliphatic rings. The van der Waals surface area contributed by atoms with Gasteiger partial charge in [0.2, 0.25) is 5.13 Å². The summed E-state index contributed by atoms with van der Waals surface area (Å²) in [5, 5.41) is 19.6. The van der Waals surface area contributed by atoms with Crippen molar-refractivity contribution < 1.29 is 10.2 Å². The van der Waals surface area contributed by atoms with Crippen molar-refractivity contribution in [2.75, 3.05) is 18.0 Å². The second kappa shape index (κ2) is 4.03. The maximum atomic E-state index is 9.41. The molecule has 2 heterocycles. The lowest BCUT2D eigenvalue weighted by atomic mass is 10.2. The van der Waals surface area contributed by atoms with Crippen molar-refractivity contribution in [3.05, 3.63) is 5.82 Å². The Morgan fingerprint density at radius 2 is 1.93 bits per heavy atom. The largest absolute Gasteiger partial charge is 0.389 e. The van der Waals surface area contributed by atoms with Crippen LogP contribution in [0.1, 0.15) is 25.6 Å². The molecule has 84 valence electrons. The minimum Gasteiger partial charge on any atom is -0.389 e. The SMILES string of the molecule is CC(C)c1nsc(N2CC(O)C(O)C2)n1. The first-order chi connectivity index (χ1) is 7.08. The molecule has 0 aliphatic carbocycles. The van der Waals surface area contributed by atoms with Gasteiger partial charge in [-0.2, -0.15) is 4.37 Å². The average molecular weight is 229 g/mol. The predicted octanol–water partition coefficient (Wildman–Crippen LogP) is 0.203. The third-order valence-electron chi connectivity index (χ3n) is 2.48. The molecule has 1 aromatic heterocycles. The zero-order valence-corrected chi connectivity index (χ0v) is 9.61. The Hall–Kier alpha value is -0.720. The van der Waals surface area contributed by atoms with E-state index >= 15 is 0 Å². The van der Waals surface area contributed by atoms with E-state index in [0.29, 0.717) is 19.0 Å². The zero-order valence-electron chi connectivity index (χ0n) is 8.79. The Bertz CT molecular complexity index is 332. The van der Waals surface area contributed by atoms with E-state index in [0.717, 1.165) is 11.0 Å². The highest BCUT2D eigenvalue weighted by atomic mass is 32.1. The van der Waals surface area contributed by atoms with Crippen molar-refractivity contribution in [2.45, 2.75) is 32.0 Å². The minimum absolute atomic E-state index is 0.312. The van der Waals surface area contributed by atoms with Crippen LogP contribution in [-0.2, 0) is 0 Å². The van der Waals surface area contributed by atoms with E-state index in [1.807, 2.05) is 18.7 Å². The average Bonchev–Trinajstić information content (AvgIpc) is 2.74. The van der Waals surface area contributed by atoms with Crippen molar-refractivity contribution in [2.24, 2.45) is 0 Å². The highest BCUT2D eigenvalue weighted by Gasteiger charge is 2.31. The van der Waals surface area contributed by atoms with Gasteiger partial charge in [0, 0.05) is 30.5 Å². The fraction of sp³-hybridized carbons (Fsp3) is 0.778. The number of β-amino-alcohol motifs (C(OH)–C–C–N with tert-alkyl or cyclic N) is 2. The van der Waals surface area contributed by atoms with Gasteiger partial charge in [0.1, 0.15) is 5.82 Å². The standard InChI is InChI=1S/C9H15N3O2S/c1-5(2)8-10-9(15-11-8)12-3-6(13)7(14)4-12/h5-7,13-14H,3-4H2,1-2H3. The van der Waals surface area contributed by atoms with Crippen molar-refractivity contribution >= 4 is 16.7 Å². The summed E-state index contributed by atoms with van der Waals surface area (Å²) in [6.45, 7) is 4.96. The highest BCUT2D eigenvalue weighted by molar-refractivity contribution is 7.09. The van der Waals surface area contributed by atoms with Gasteiger partial charge in [-0.25, -0.2) is 4.98 Å².